The number of benzene rings is 1. The number of ketones is 3. The summed E-state index contributed by atoms with van der Waals surface area (Å²) in [6, 6.07) is 3.65. The Hall–Kier alpha value is -1.53. The summed E-state index contributed by atoms with van der Waals surface area (Å²) in [5, 5.41) is -0.0767. The van der Waals surface area contributed by atoms with Crippen molar-refractivity contribution in [3.8, 4) is 0 Å². The van der Waals surface area contributed by atoms with Gasteiger partial charge in [0.05, 0.1) is 9.92 Å². The fraction of sp³-hybridized carbons (Fsp3) is 0.400. The van der Waals surface area contributed by atoms with Crippen molar-refractivity contribution < 1.29 is 22.8 Å². The van der Waals surface area contributed by atoms with Crippen molar-refractivity contribution in [2.75, 3.05) is 6.26 Å². The smallest absolute Gasteiger partial charge is 0.182 e. The molecule has 22 heavy (non-hydrogen) atoms. The minimum absolute atomic E-state index is 0.00433. The van der Waals surface area contributed by atoms with E-state index in [2.05, 4.69) is 0 Å². The maximum absolute atomic E-state index is 12.4. The standard InChI is InChI=1S/C15H15ClO5S/c1-8-5-12(17)14(13(18)6-8)15(19)10-4-3-9(7-11(10)16)22(2,20)21/h3-4,7-8,14H,5-6H2,1-2H3. The Morgan fingerprint density at radius 1 is 1.18 bits per heavy atom. The van der Waals surface area contributed by atoms with Gasteiger partial charge in [-0.25, -0.2) is 8.42 Å². The Bertz CT molecular complexity index is 748. The van der Waals surface area contributed by atoms with Crippen molar-refractivity contribution in [2.45, 2.75) is 24.7 Å². The first-order valence-corrected chi connectivity index (χ1v) is 8.97. The van der Waals surface area contributed by atoms with Crippen LogP contribution in [0.1, 0.15) is 30.1 Å². The van der Waals surface area contributed by atoms with E-state index < -0.39 is 33.1 Å². The van der Waals surface area contributed by atoms with Crippen LogP contribution in [0.5, 0.6) is 0 Å². The van der Waals surface area contributed by atoms with Crippen LogP contribution in [0.15, 0.2) is 23.1 Å². The summed E-state index contributed by atoms with van der Waals surface area (Å²) >= 11 is 5.97. The molecule has 1 fully saturated rings. The third-order valence-electron chi connectivity index (χ3n) is 3.64. The third-order valence-corrected chi connectivity index (χ3v) is 5.06. The molecule has 0 spiro atoms. The highest BCUT2D eigenvalue weighted by molar-refractivity contribution is 7.90. The summed E-state index contributed by atoms with van der Waals surface area (Å²) < 4.78 is 22.9. The number of Topliss-reactive ketones (excluding diaryl/α,β-unsaturated/α-hetero) is 3. The van der Waals surface area contributed by atoms with Gasteiger partial charge in [0.1, 0.15) is 5.92 Å². The highest BCUT2D eigenvalue weighted by atomic mass is 35.5. The van der Waals surface area contributed by atoms with Gasteiger partial charge in [0.15, 0.2) is 27.2 Å². The SMILES string of the molecule is CC1CC(=O)C(C(=O)c2ccc(S(C)(=O)=O)cc2Cl)C(=O)C1. The minimum atomic E-state index is -3.45. The number of carbonyl (C=O) groups excluding carboxylic acids is 3. The van der Waals surface area contributed by atoms with Gasteiger partial charge in [-0.1, -0.05) is 18.5 Å². The van der Waals surface area contributed by atoms with Crippen LogP contribution in [0.2, 0.25) is 5.02 Å². The molecule has 1 aromatic carbocycles. The van der Waals surface area contributed by atoms with Crippen LogP contribution in [0.4, 0.5) is 0 Å². The second-order valence-electron chi connectivity index (χ2n) is 5.66. The average molecular weight is 343 g/mol. The molecule has 7 heteroatoms. The summed E-state index contributed by atoms with van der Waals surface area (Å²) in [5.41, 5.74) is -0.00433. The number of hydrogen-bond donors (Lipinski definition) is 0. The Morgan fingerprint density at radius 2 is 1.73 bits per heavy atom. The molecule has 5 nitrogen and oxygen atoms in total. The van der Waals surface area contributed by atoms with Crippen LogP contribution in [-0.4, -0.2) is 32.0 Å². The van der Waals surface area contributed by atoms with E-state index >= 15 is 0 Å². The van der Waals surface area contributed by atoms with Crippen molar-refractivity contribution in [1.82, 2.24) is 0 Å². The summed E-state index contributed by atoms with van der Waals surface area (Å²) in [7, 11) is -3.45. The van der Waals surface area contributed by atoms with Crippen molar-refractivity contribution in [1.29, 1.82) is 0 Å². The molecule has 0 heterocycles. The lowest BCUT2D eigenvalue weighted by atomic mass is 9.77. The second kappa shape index (κ2) is 5.93. The number of rotatable bonds is 3. The predicted octanol–water partition coefficient (Wildman–Crippen LogP) is 2.11. The lowest BCUT2D eigenvalue weighted by Crippen LogP contribution is -2.38. The zero-order valence-corrected chi connectivity index (χ0v) is 13.7. The average Bonchev–Trinajstić information content (AvgIpc) is 2.35. The van der Waals surface area contributed by atoms with Crippen molar-refractivity contribution >= 4 is 38.8 Å². The lowest BCUT2D eigenvalue weighted by molar-refractivity contribution is -0.134. The van der Waals surface area contributed by atoms with Crippen LogP contribution in [-0.2, 0) is 19.4 Å². The molecular formula is C15H15ClO5S. The van der Waals surface area contributed by atoms with E-state index in [0.29, 0.717) is 0 Å². The van der Waals surface area contributed by atoms with Gasteiger partial charge in [0.25, 0.3) is 0 Å². The maximum Gasteiger partial charge on any atom is 0.182 e. The van der Waals surface area contributed by atoms with Gasteiger partial charge in [-0.15, -0.1) is 0 Å². The number of carbonyl (C=O) groups is 3. The van der Waals surface area contributed by atoms with E-state index in [9.17, 15) is 22.8 Å². The highest BCUT2D eigenvalue weighted by Gasteiger charge is 2.39. The molecule has 0 radical (unpaired) electrons. The molecular weight excluding hydrogens is 328 g/mol. The fourth-order valence-corrected chi connectivity index (χ4v) is 3.53. The molecule has 1 aliphatic rings. The van der Waals surface area contributed by atoms with Crippen molar-refractivity contribution in [2.24, 2.45) is 11.8 Å². The molecule has 1 aromatic rings. The van der Waals surface area contributed by atoms with E-state index in [1.807, 2.05) is 0 Å². The van der Waals surface area contributed by atoms with Gasteiger partial charge in [-0.05, 0) is 24.1 Å². The summed E-state index contributed by atoms with van der Waals surface area (Å²) in [5.74, 6) is -2.86. The maximum atomic E-state index is 12.4. The first-order chi connectivity index (χ1) is 10.1. The summed E-state index contributed by atoms with van der Waals surface area (Å²) in [6.45, 7) is 1.78. The largest absolute Gasteiger partial charge is 0.298 e. The second-order valence-corrected chi connectivity index (χ2v) is 8.08. The zero-order valence-electron chi connectivity index (χ0n) is 12.1. The molecule has 0 atom stereocenters. The summed E-state index contributed by atoms with van der Waals surface area (Å²) in [4.78, 5) is 36.4. The monoisotopic (exact) mass is 342 g/mol. The van der Waals surface area contributed by atoms with Crippen LogP contribution in [0.25, 0.3) is 0 Å². The fourth-order valence-electron chi connectivity index (χ4n) is 2.55. The molecule has 0 N–H and O–H groups in total. The molecule has 0 aromatic heterocycles. The Kier molecular flexibility index (Phi) is 4.54. The van der Waals surface area contributed by atoms with Crippen molar-refractivity contribution in [3.05, 3.63) is 28.8 Å². The van der Waals surface area contributed by atoms with E-state index in [-0.39, 0.29) is 34.2 Å². The Labute approximate surface area is 133 Å². The normalized spacial score (nSPS) is 22.7. The van der Waals surface area contributed by atoms with Gasteiger partial charge in [0, 0.05) is 24.7 Å². The molecule has 0 aliphatic heterocycles. The van der Waals surface area contributed by atoms with E-state index in [0.717, 1.165) is 12.3 Å². The van der Waals surface area contributed by atoms with E-state index in [1.54, 1.807) is 6.92 Å². The van der Waals surface area contributed by atoms with Gasteiger partial charge in [-0.2, -0.15) is 0 Å². The first-order valence-electron chi connectivity index (χ1n) is 6.70. The van der Waals surface area contributed by atoms with Gasteiger partial charge < -0.3 is 0 Å². The van der Waals surface area contributed by atoms with E-state index in [4.69, 9.17) is 11.6 Å². The molecule has 0 bridgehead atoms. The molecule has 0 saturated heterocycles. The Morgan fingerprint density at radius 3 is 2.18 bits per heavy atom. The molecule has 2 rings (SSSR count). The van der Waals surface area contributed by atoms with Gasteiger partial charge >= 0.3 is 0 Å². The molecule has 0 amide bonds. The molecule has 0 unspecified atom stereocenters. The molecule has 1 saturated carbocycles. The van der Waals surface area contributed by atoms with Crippen LogP contribution >= 0.6 is 11.6 Å². The Balaban J connectivity index is 2.38. The number of halogens is 1. The molecule has 1 aliphatic carbocycles. The van der Waals surface area contributed by atoms with Gasteiger partial charge in [-0.3, -0.25) is 14.4 Å². The van der Waals surface area contributed by atoms with Crippen molar-refractivity contribution in [3.63, 3.8) is 0 Å². The summed E-state index contributed by atoms with van der Waals surface area (Å²) in [6.07, 6.45) is 1.39. The molecule has 118 valence electrons. The van der Waals surface area contributed by atoms with Crippen LogP contribution in [0, 0.1) is 11.8 Å². The topological polar surface area (TPSA) is 85.3 Å². The third kappa shape index (κ3) is 3.28. The first kappa shape index (κ1) is 16.8. The lowest BCUT2D eigenvalue weighted by Gasteiger charge is -2.23. The highest BCUT2D eigenvalue weighted by Crippen LogP contribution is 2.29. The quantitative estimate of drug-likeness (QED) is 0.620. The minimum Gasteiger partial charge on any atom is -0.298 e. The number of sulfone groups is 1. The van der Waals surface area contributed by atoms with Crippen LogP contribution < -0.4 is 0 Å². The van der Waals surface area contributed by atoms with E-state index in [1.165, 1.54) is 12.1 Å². The number of hydrogen-bond acceptors (Lipinski definition) is 5. The predicted molar refractivity (Wildman–Crippen MR) is 80.8 cm³/mol. The van der Waals surface area contributed by atoms with Crippen LogP contribution in [0.3, 0.4) is 0 Å². The van der Waals surface area contributed by atoms with Gasteiger partial charge in [0.2, 0.25) is 0 Å². The zero-order chi connectivity index (χ0) is 16.7.